The van der Waals surface area contributed by atoms with E-state index in [2.05, 4.69) is 10.6 Å². The molecule has 1 heterocycles. The Kier molecular flexibility index (Phi) is 5.84. The van der Waals surface area contributed by atoms with Gasteiger partial charge in [-0.05, 0) is 18.2 Å². The molecule has 2 N–H and O–H groups in total. The van der Waals surface area contributed by atoms with Gasteiger partial charge in [0.1, 0.15) is 12.4 Å². The fourth-order valence-corrected chi connectivity index (χ4v) is 2.55. The first-order chi connectivity index (χ1) is 11.8. The molecule has 1 unspecified atom stereocenters. The number of anilines is 1. The first-order valence-electron chi connectivity index (χ1n) is 8.02. The van der Waals surface area contributed by atoms with Crippen LogP contribution in [-0.2, 0) is 9.59 Å². The summed E-state index contributed by atoms with van der Waals surface area (Å²) in [5, 5.41) is 5.02. The Balaban J connectivity index is 2.07. The molecular weight excluding hydrogens is 324 g/mol. The molecule has 8 nitrogen and oxygen atoms in total. The highest BCUT2D eigenvalue weighted by atomic mass is 16.5. The normalized spacial score (nSPS) is 15.7. The van der Waals surface area contributed by atoms with Gasteiger partial charge in [0.2, 0.25) is 11.8 Å². The van der Waals surface area contributed by atoms with Gasteiger partial charge in [-0.2, -0.15) is 0 Å². The zero-order chi connectivity index (χ0) is 18.6. The summed E-state index contributed by atoms with van der Waals surface area (Å²) < 4.78 is 5.72. The largest absolute Gasteiger partial charge is 0.489 e. The number of nitrogens with zero attached hydrogens (tertiary/aromatic N) is 2. The van der Waals surface area contributed by atoms with E-state index in [9.17, 15) is 14.4 Å². The van der Waals surface area contributed by atoms with Crippen molar-refractivity contribution in [3.05, 3.63) is 23.8 Å². The smallest absolute Gasteiger partial charge is 0.253 e. The molecular formula is C17H24N4O4. The molecule has 3 amide bonds. The second kappa shape index (κ2) is 7.87. The molecule has 0 saturated carbocycles. The Hall–Kier alpha value is -2.77. The van der Waals surface area contributed by atoms with Crippen molar-refractivity contribution < 1.29 is 19.1 Å². The fourth-order valence-electron chi connectivity index (χ4n) is 2.55. The predicted molar refractivity (Wildman–Crippen MR) is 93.8 cm³/mol. The predicted octanol–water partition coefficient (Wildman–Crippen LogP) is -0.162. The van der Waals surface area contributed by atoms with Gasteiger partial charge in [-0.25, -0.2) is 0 Å². The second-order valence-corrected chi connectivity index (χ2v) is 6.11. The van der Waals surface area contributed by atoms with Gasteiger partial charge in [0, 0.05) is 33.8 Å². The maximum Gasteiger partial charge on any atom is 0.253 e. The maximum absolute atomic E-state index is 12.1. The molecule has 0 fully saturated rings. The van der Waals surface area contributed by atoms with Crippen molar-refractivity contribution in [2.45, 2.75) is 12.5 Å². The van der Waals surface area contributed by atoms with Crippen LogP contribution >= 0.6 is 0 Å². The third-order valence-electron chi connectivity index (χ3n) is 4.12. The molecule has 1 aromatic rings. The highest BCUT2D eigenvalue weighted by Crippen LogP contribution is 2.34. The van der Waals surface area contributed by atoms with Crippen LogP contribution < -0.4 is 20.3 Å². The van der Waals surface area contributed by atoms with Crippen molar-refractivity contribution in [3.8, 4) is 5.75 Å². The summed E-state index contributed by atoms with van der Waals surface area (Å²) in [6.07, 6.45) is 0.193. The van der Waals surface area contributed by atoms with E-state index in [-0.39, 0.29) is 36.7 Å². The van der Waals surface area contributed by atoms with E-state index in [0.717, 1.165) is 5.69 Å². The van der Waals surface area contributed by atoms with Crippen LogP contribution in [0.4, 0.5) is 5.69 Å². The van der Waals surface area contributed by atoms with Gasteiger partial charge in [-0.3, -0.25) is 14.4 Å². The molecule has 0 bridgehead atoms. The average Bonchev–Trinajstić information content (AvgIpc) is 2.61. The lowest BCUT2D eigenvalue weighted by Gasteiger charge is -2.35. The summed E-state index contributed by atoms with van der Waals surface area (Å²) in [5.74, 6) is 0.105. The van der Waals surface area contributed by atoms with E-state index in [4.69, 9.17) is 4.74 Å². The van der Waals surface area contributed by atoms with E-state index in [1.165, 1.54) is 11.9 Å². The minimum atomic E-state index is -0.251. The lowest BCUT2D eigenvalue weighted by molar-refractivity contribution is -0.126. The Labute approximate surface area is 147 Å². The zero-order valence-corrected chi connectivity index (χ0v) is 15.0. The highest BCUT2D eigenvalue weighted by molar-refractivity contribution is 5.95. The van der Waals surface area contributed by atoms with Crippen LogP contribution in [0.3, 0.4) is 0 Å². The maximum atomic E-state index is 12.1. The standard InChI is InChI=1S/C17H24N4O4/c1-18-16(23)9-19-15(22)8-12-10-25-14-6-5-11(17(24)20(2)3)7-13(14)21(12)4/h5-7,12H,8-10H2,1-4H3,(H,18,23)(H,19,22). The van der Waals surface area contributed by atoms with Crippen molar-refractivity contribution in [2.24, 2.45) is 0 Å². The van der Waals surface area contributed by atoms with Gasteiger partial charge < -0.3 is 25.2 Å². The number of amides is 3. The number of carbonyl (C=O) groups excluding carboxylic acids is 3. The minimum Gasteiger partial charge on any atom is -0.489 e. The van der Waals surface area contributed by atoms with Gasteiger partial charge in [-0.15, -0.1) is 0 Å². The number of carbonyl (C=O) groups is 3. The van der Waals surface area contributed by atoms with E-state index in [1.54, 1.807) is 32.3 Å². The van der Waals surface area contributed by atoms with Crippen molar-refractivity contribution >= 4 is 23.4 Å². The number of likely N-dealkylation sites (N-methyl/N-ethyl adjacent to an activating group) is 2. The van der Waals surface area contributed by atoms with Gasteiger partial charge >= 0.3 is 0 Å². The van der Waals surface area contributed by atoms with Crippen LogP contribution in [0.25, 0.3) is 0 Å². The molecule has 2 rings (SSSR count). The average molecular weight is 348 g/mol. The molecule has 136 valence electrons. The number of hydrogen-bond donors (Lipinski definition) is 2. The lowest BCUT2D eigenvalue weighted by Crippen LogP contribution is -2.45. The van der Waals surface area contributed by atoms with Crippen LogP contribution in [0, 0.1) is 0 Å². The number of fused-ring (bicyclic) bond motifs is 1. The Morgan fingerprint density at radius 3 is 2.64 bits per heavy atom. The first-order valence-corrected chi connectivity index (χ1v) is 8.02. The van der Waals surface area contributed by atoms with Crippen molar-refractivity contribution in [1.29, 1.82) is 0 Å². The van der Waals surface area contributed by atoms with E-state index in [1.807, 2.05) is 11.9 Å². The highest BCUT2D eigenvalue weighted by Gasteiger charge is 2.27. The molecule has 1 aliphatic heterocycles. The number of benzene rings is 1. The van der Waals surface area contributed by atoms with Gasteiger partial charge in [0.15, 0.2) is 0 Å². The molecule has 0 aliphatic carbocycles. The molecule has 1 aromatic carbocycles. The topological polar surface area (TPSA) is 91.0 Å². The SMILES string of the molecule is CNC(=O)CNC(=O)CC1COc2ccc(C(=O)N(C)C)cc2N1C. The van der Waals surface area contributed by atoms with E-state index < -0.39 is 0 Å². The minimum absolute atomic E-state index is 0.0509. The monoisotopic (exact) mass is 348 g/mol. The summed E-state index contributed by atoms with van der Waals surface area (Å²) in [6.45, 7) is 0.308. The van der Waals surface area contributed by atoms with Gasteiger partial charge in [0.25, 0.3) is 5.91 Å². The van der Waals surface area contributed by atoms with Gasteiger partial charge in [-0.1, -0.05) is 0 Å². The molecule has 0 saturated heterocycles. The molecule has 0 aromatic heterocycles. The Bertz CT molecular complexity index is 675. The number of rotatable bonds is 5. The Morgan fingerprint density at radius 1 is 1.28 bits per heavy atom. The van der Waals surface area contributed by atoms with E-state index >= 15 is 0 Å². The molecule has 25 heavy (non-hydrogen) atoms. The van der Waals surface area contributed by atoms with Crippen LogP contribution in [0.1, 0.15) is 16.8 Å². The first kappa shape index (κ1) is 18.6. The molecule has 1 atom stereocenters. The van der Waals surface area contributed by atoms with E-state index in [0.29, 0.717) is 17.9 Å². The van der Waals surface area contributed by atoms with Gasteiger partial charge in [0.05, 0.1) is 24.7 Å². The van der Waals surface area contributed by atoms with Crippen LogP contribution in [0.5, 0.6) is 5.75 Å². The van der Waals surface area contributed by atoms with Crippen molar-refractivity contribution in [1.82, 2.24) is 15.5 Å². The fraction of sp³-hybridized carbons (Fsp3) is 0.471. The zero-order valence-electron chi connectivity index (χ0n) is 15.0. The van der Waals surface area contributed by atoms with Crippen molar-refractivity contribution in [3.63, 3.8) is 0 Å². The molecule has 0 spiro atoms. The number of hydrogen-bond acceptors (Lipinski definition) is 5. The summed E-state index contributed by atoms with van der Waals surface area (Å²) in [7, 11) is 6.77. The summed E-state index contributed by atoms with van der Waals surface area (Å²) >= 11 is 0. The number of nitrogens with one attached hydrogen (secondary N) is 2. The second-order valence-electron chi connectivity index (χ2n) is 6.11. The summed E-state index contributed by atoms with van der Waals surface area (Å²) in [5.41, 5.74) is 1.33. The van der Waals surface area contributed by atoms with Crippen molar-refractivity contribution in [2.75, 3.05) is 46.2 Å². The molecule has 0 radical (unpaired) electrons. The van der Waals surface area contributed by atoms with Crippen LogP contribution in [-0.4, -0.2) is 70.0 Å². The third-order valence-corrected chi connectivity index (χ3v) is 4.12. The quantitative estimate of drug-likeness (QED) is 0.771. The molecule has 8 heteroatoms. The Morgan fingerprint density at radius 2 is 2.00 bits per heavy atom. The number of ether oxygens (including phenoxy) is 1. The third kappa shape index (κ3) is 4.40. The summed E-state index contributed by atoms with van der Waals surface area (Å²) in [4.78, 5) is 38.8. The van der Waals surface area contributed by atoms with Crippen LogP contribution in [0.15, 0.2) is 18.2 Å². The lowest BCUT2D eigenvalue weighted by atomic mass is 10.1. The van der Waals surface area contributed by atoms with Crippen LogP contribution in [0.2, 0.25) is 0 Å². The molecule has 1 aliphatic rings. The summed E-state index contributed by atoms with van der Waals surface area (Å²) in [6, 6.07) is 5.09.